The number of pyridine rings is 1. The van der Waals surface area contributed by atoms with Crippen molar-refractivity contribution in [2.45, 2.75) is 18.9 Å². The highest BCUT2D eigenvalue weighted by molar-refractivity contribution is 5.94. The molecule has 1 aromatic heterocycles. The van der Waals surface area contributed by atoms with E-state index in [2.05, 4.69) is 15.2 Å². The number of rotatable bonds is 3. The van der Waals surface area contributed by atoms with Crippen LogP contribution in [0.2, 0.25) is 0 Å². The molecule has 1 aliphatic heterocycles. The fourth-order valence-electron chi connectivity index (χ4n) is 2.67. The van der Waals surface area contributed by atoms with E-state index < -0.39 is 0 Å². The van der Waals surface area contributed by atoms with Crippen LogP contribution in [0.25, 0.3) is 10.9 Å². The monoisotopic (exact) mass is 284 g/mol. The Morgan fingerprint density at radius 2 is 2.14 bits per heavy atom. The van der Waals surface area contributed by atoms with E-state index >= 15 is 0 Å². The number of carbonyl (C=O) groups is 1. The molecule has 5 heteroatoms. The number of nitrogens with zero attached hydrogens (tertiary/aromatic N) is 2. The number of benzene rings is 1. The van der Waals surface area contributed by atoms with Crippen LogP contribution in [0.5, 0.6) is 0 Å². The van der Waals surface area contributed by atoms with Crippen LogP contribution in [0.4, 0.5) is 5.69 Å². The lowest BCUT2D eigenvalue weighted by molar-refractivity contribution is -0.117. The normalized spacial score (nSPS) is 17.0. The van der Waals surface area contributed by atoms with Crippen LogP contribution in [0.1, 0.15) is 12.8 Å². The number of hydrogen-bond acceptors (Lipinski definition) is 4. The SMILES string of the molecule is NC1CCN(CC(=O)Nc2ccc3ncccc3c2)CC1. The van der Waals surface area contributed by atoms with Crippen molar-refractivity contribution in [2.24, 2.45) is 5.73 Å². The molecule has 110 valence electrons. The van der Waals surface area contributed by atoms with Gasteiger partial charge in [-0.15, -0.1) is 0 Å². The highest BCUT2D eigenvalue weighted by Gasteiger charge is 2.18. The first kappa shape index (κ1) is 14.0. The predicted octanol–water partition coefficient (Wildman–Crippen LogP) is 1.60. The third-order valence-corrected chi connectivity index (χ3v) is 3.89. The van der Waals surface area contributed by atoms with Crippen LogP contribution in [0.15, 0.2) is 36.5 Å². The van der Waals surface area contributed by atoms with Gasteiger partial charge in [-0.2, -0.15) is 0 Å². The number of likely N-dealkylation sites (tertiary alicyclic amines) is 1. The molecule has 2 heterocycles. The van der Waals surface area contributed by atoms with E-state index in [9.17, 15) is 4.79 Å². The average Bonchev–Trinajstić information content (AvgIpc) is 2.49. The molecule has 1 amide bonds. The summed E-state index contributed by atoms with van der Waals surface area (Å²) in [5, 5.41) is 3.98. The number of anilines is 1. The number of aromatic nitrogens is 1. The smallest absolute Gasteiger partial charge is 0.238 e. The Morgan fingerprint density at radius 1 is 1.33 bits per heavy atom. The van der Waals surface area contributed by atoms with E-state index in [0.717, 1.165) is 42.5 Å². The van der Waals surface area contributed by atoms with Crippen molar-refractivity contribution in [3.8, 4) is 0 Å². The molecule has 0 unspecified atom stereocenters. The van der Waals surface area contributed by atoms with Crippen molar-refractivity contribution in [2.75, 3.05) is 25.0 Å². The molecule has 0 saturated carbocycles. The van der Waals surface area contributed by atoms with Crippen molar-refractivity contribution < 1.29 is 4.79 Å². The van der Waals surface area contributed by atoms with Crippen LogP contribution in [-0.4, -0.2) is 41.5 Å². The first-order chi connectivity index (χ1) is 10.2. The molecule has 3 N–H and O–H groups in total. The van der Waals surface area contributed by atoms with E-state index in [1.165, 1.54) is 0 Å². The second kappa shape index (κ2) is 6.20. The second-order valence-corrected chi connectivity index (χ2v) is 5.57. The lowest BCUT2D eigenvalue weighted by Gasteiger charge is -2.29. The Labute approximate surface area is 124 Å². The zero-order chi connectivity index (χ0) is 14.7. The number of piperidine rings is 1. The molecule has 21 heavy (non-hydrogen) atoms. The van der Waals surface area contributed by atoms with E-state index in [1.807, 2.05) is 30.3 Å². The van der Waals surface area contributed by atoms with Gasteiger partial charge in [-0.25, -0.2) is 0 Å². The number of amides is 1. The van der Waals surface area contributed by atoms with Gasteiger partial charge in [0.15, 0.2) is 0 Å². The standard InChI is InChI=1S/C16H20N4O/c17-13-5-8-20(9-6-13)11-16(21)19-14-3-4-15-12(10-14)2-1-7-18-15/h1-4,7,10,13H,5-6,8-9,11,17H2,(H,19,21). The third-order valence-electron chi connectivity index (χ3n) is 3.89. The van der Waals surface area contributed by atoms with Gasteiger partial charge in [0.2, 0.25) is 5.91 Å². The maximum atomic E-state index is 12.1. The van der Waals surface area contributed by atoms with E-state index in [-0.39, 0.29) is 11.9 Å². The van der Waals surface area contributed by atoms with Crippen LogP contribution >= 0.6 is 0 Å². The number of fused-ring (bicyclic) bond motifs is 1. The fourth-order valence-corrected chi connectivity index (χ4v) is 2.67. The van der Waals surface area contributed by atoms with Gasteiger partial charge in [0.1, 0.15) is 0 Å². The fraction of sp³-hybridized carbons (Fsp3) is 0.375. The molecule has 1 saturated heterocycles. The molecule has 0 atom stereocenters. The molecule has 0 aliphatic carbocycles. The second-order valence-electron chi connectivity index (χ2n) is 5.57. The summed E-state index contributed by atoms with van der Waals surface area (Å²) in [6, 6.07) is 9.93. The van der Waals surface area contributed by atoms with Crippen molar-refractivity contribution in [1.82, 2.24) is 9.88 Å². The summed E-state index contributed by atoms with van der Waals surface area (Å²) in [5.74, 6) is 0.0220. The van der Waals surface area contributed by atoms with Crippen molar-refractivity contribution >= 4 is 22.5 Å². The minimum absolute atomic E-state index is 0.0220. The number of nitrogens with one attached hydrogen (secondary N) is 1. The van der Waals surface area contributed by atoms with Gasteiger partial charge in [-0.1, -0.05) is 6.07 Å². The molecule has 0 radical (unpaired) electrons. The van der Waals surface area contributed by atoms with Gasteiger partial charge in [0.25, 0.3) is 0 Å². The lowest BCUT2D eigenvalue weighted by atomic mass is 10.1. The Hall–Kier alpha value is -1.98. The van der Waals surface area contributed by atoms with Crippen LogP contribution < -0.4 is 11.1 Å². The van der Waals surface area contributed by atoms with Crippen molar-refractivity contribution in [3.05, 3.63) is 36.5 Å². The topological polar surface area (TPSA) is 71.2 Å². The molecule has 1 aliphatic rings. The largest absolute Gasteiger partial charge is 0.328 e. The minimum atomic E-state index is 0.0220. The van der Waals surface area contributed by atoms with E-state index in [1.54, 1.807) is 6.20 Å². The Morgan fingerprint density at radius 3 is 2.95 bits per heavy atom. The summed E-state index contributed by atoms with van der Waals surface area (Å²) in [6.07, 6.45) is 3.70. The van der Waals surface area contributed by atoms with Gasteiger partial charge in [0.05, 0.1) is 12.1 Å². The maximum absolute atomic E-state index is 12.1. The number of carbonyl (C=O) groups excluding carboxylic acids is 1. The van der Waals surface area contributed by atoms with Gasteiger partial charge < -0.3 is 11.1 Å². The van der Waals surface area contributed by atoms with Gasteiger partial charge in [-0.05, 0) is 37.1 Å². The van der Waals surface area contributed by atoms with Crippen LogP contribution in [-0.2, 0) is 4.79 Å². The quantitative estimate of drug-likeness (QED) is 0.898. The van der Waals surface area contributed by atoms with E-state index in [4.69, 9.17) is 5.73 Å². The molecule has 1 fully saturated rings. The summed E-state index contributed by atoms with van der Waals surface area (Å²) in [5.41, 5.74) is 7.62. The van der Waals surface area contributed by atoms with Crippen molar-refractivity contribution in [1.29, 1.82) is 0 Å². The van der Waals surface area contributed by atoms with E-state index in [0.29, 0.717) is 6.54 Å². The first-order valence-electron chi connectivity index (χ1n) is 7.33. The summed E-state index contributed by atoms with van der Waals surface area (Å²) in [4.78, 5) is 18.5. The minimum Gasteiger partial charge on any atom is -0.328 e. The first-order valence-corrected chi connectivity index (χ1v) is 7.33. The molecule has 3 rings (SSSR count). The van der Waals surface area contributed by atoms with Crippen LogP contribution in [0, 0.1) is 0 Å². The molecule has 0 bridgehead atoms. The van der Waals surface area contributed by atoms with Crippen LogP contribution in [0.3, 0.4) is 0 Å². The molecule has 5 nitrogen and oxygen atoms in total. The maximum Gasteiger partial charge on any atom is 0.238 e. The molecule has 1 aromatic carbocycles. The van der Waals surface area contributed by atoms with Crippen molar-refractivity contribution in [3.63, 3.8) is 0 Å². The van der Waals surface area contributed by atoms with Gasteiger partial charge in [-0.3, -0.25) is 14.7 Å². The van der Waals surface area contributed by atoms with Gasteiger partial charge >= 0.3 is 0 Å². The zero-order valence-electron chi connectivity index (χ0n) is 12.0. The Kier molecular flexibility index (Phi) is 4.13. The number of nitrogens with two attached hydrogens (primary N) is 1. The molecule has 2 aromatic rings. The predicted molar refractivity (Wildman–Crippen MR) is 84.0 cm³/mol. The molecular formula is C16H20N4O. The summed E-state index contributed by atoms with van der Waals surface area (Å²) >= 11 is 0. The third kappa shape index (κ3) is 3.56. The summed E-state index contributed by atoms with van der Waals surface area (Å²) < 4.78 is 0. The Balaban J connectivity index is 1.60. The number of hydrogen-bond donors (Lipinski definition) is 2. The van der Waals surface area contributed by atoms with Gasteiger partial charge in [0, 0.05) is 36.4 Å². The Bertz CT molecular complexity index is 635. The zero-order valence-corrected chi connectivity index (χ0v) is 12.0. The molecule has 0 spiro atoms. The highest BCUT2D eigenvalue weighted by atomic mass is 16.2. The summed E-state index contributed by atoms with van der Waals surface area (Å²) in [7, 11) is 0. The summed E-state index contributed by atoms with van der Waals surface area (Å²) in [6.45, 7) is 2.23. The average molecular weight is 284 g/mol. The highest BCUT2D eigenvalue weighted by Crippen LogP contribution is 2.17. The lowest BCUT2D eigenvalue weighted by Crippen LogP contribution is -2.43. The molecular weight excluding hydrogens is 264 g/mol.